The van der Waals surface area contributed by atoms with Gasteiger partial charge in [-0.2, -0.15) is 5.21 Å². The molecule has 2 heterocycles. The number of hydrogen-bond donors (Lipinski definition) is 3. The number of benzene rings is 2. The van der Waals surface area contributed by atoms with Gasteiger partial charge in [0.2, 0.25) is 15.8 Å². The molecule has 0 unspecified atom stereocenters. The summed E-state index contributed by atoms with van der Waals surface area (Å²) in [5, 5.41) is 19.9. The fourth-order valence-corrected chi connectivity index (χ4v) is 5.14. The number of nitrogens with zero attached hydrogens (tertiary/aromatic N) is 4. The molecule has 0 amide bonds. The van der Waals surface area contributed by atoms with Gasteiger partial charge in [0.15, 0.2) is 5.13 Å². The number of aryl methyl sites for hydroxylation is 1. The molecular weight excluding hydrogens is 426 g/mol. The molecule has 12 heteroatoms. The number of primary sulfonamides is 1. The minimum absolute atomic E-state index is 0.0664. The Balaban J connectivity index is 2.08. The van der Waals surface area contributed by atoms with Crippen molar-refractivity contribution in [3.8, 4) is 22.5 Å². The Morgan fingerprint density at radius 2 is 2.00 bits per heavy atom. The van der Waals surface area contributed by atoms with Crippen molar-refractivity contribution >= 4 is 42.5 Å². The number of carbonyl (C=O) groups is 1. The van der Waals surface area contributed by atoms with Crippen LogP contribution in [0, 0.1) is 0 Å². The molecule has 0 atom stereocenters. The summed E-state index contributed by atoms with van der Waals surface area (Å²) in [4.78, 5) is 15.7. The van der Waals surface area contributed by atoms with Crippen molar-refractivity contribution in [1.29, 1.82) is 0 Å². The molecule has 2 aromatic carbocycles. The van der Waals surface area contributed by atoms with Gasteiger partial charge >= 0.3 is 0 Å². The van der Waals surface area contributed by atoms with Crippen molar-refractivity contribution in [3.05, 3.63) is 35.9 Å². The number of rotatable bonds is 6. The summed E-state index contributed by atoms with van der Waals surface area (Å²) in [6.45, 7) is 1.44. The number of nitrogens with two attached hydrogens (primary N) is 2. The number of tetrazole rings is 1. The number of para-hydroxylation sites is 1. The van der Waals surface area contributed by atoms with E-state index >= 15 is 0 Å². The highest BCUT2D eigenvalue weighted by molar-refractivity contribution is 7.89. The third kappa shape index (κ3) is 3.67. The van der Waals surface area contributed by atoms with Crippen LogP contribution in [0.4, 0.5) is 5.13 Å². The van der Waals surface area contributed by atoms with Crippen LogP contribution in [0.25, 0.3) is 32.7 Å². The maximum absolute atomic E-state index is 12.6. The van der Waals surface area contributed by atoms with E-state index in [9.17, 15) is 13.2 Å². The molecule has 0 spiro atoms. The summed E-state index contributed by atoms with van der Waals surface area (Å²) in [6.07, 6.45) is 0.381. The van der Waals surface area contributed by atoms with E-state index in [2.05, 4.69) is 25.6 Å². The maximum atomic E-state index is 12.6. The van der Waals surface area contributed by atoms with Crippen LogP contribution < -0.4 is 10.9 Å². The van der Waals surface area contributed by atoms with E-state index in [4.69, 9.17) is 10.9 Å². The largest absolute Gasteiger partial charge is 0.375 e. The standard InChI is InChI=1S/C18H17N7O3S2/c1-9(26)5-6-10-7-8-11(12-3-2-4-13-15(12)21-18(19)29-13)14(16(10)30(20,27)28)17-22-24-25-23-17/h2-4,7-8H,5-6H2,1H3,(H2,19,21)(H2,20,27,28)(H,22,23,24,25). The predicted molar refractivity (Wildman–Crippen MR) is 113 cm³/mol. The van der Waals surface area contributed by atoms with Crippen molar-refractivity contribution in [2.75, 3.05) is 5.73 Å². The number of H-pyrrole nitrogens is 1. The van der Waals surface area contributed by atoms with E-state index in [1.54, 1.807) is 12.1 Å². The number of thiazole rings is 1. The number of hydrogen-bond acceptors (Lipinski definition) is 9. The molecule has 0 saturated carbocycles. The number of aromatic amines is 1. The zero-order valence-electron chi connectivity index (χ0n) is 15.8. The highest BCUT2D eigenvalue weighted by Gasteiger charge is 2.27. The molecule has 30 heavy (non-hydrogen) atoms. The quantitative estimate of drug-likeness (QED) is 0.405. The molecule has 0 radical (unpaired) electrons. The number of nitrogen functional groups attached to an aromatic ring is 1. The van der Waals surface area contributed by atoms with Crippen LogP contribution in [0.15, 0.2) is 35.2 Å². The van der Waals surface area contributed by atoms with Gasteiger partial charge in [-0.15, -0.1) is 10.2 Å². The Kier molecular flexibility index (Phi) is 5.05. The molecule has 4 rings (SSSR count). The second kappa shape index (κ2) is 7.55. The van der Waals surface area contributed by atoms with Gasteiger partial charge in [0, 0.05) is 12.0 Å². The van der Waals surface area contributed by atoms with Crippen LogP contribution in [0.1, 0.15) is 18.9 Å². The molecule has 0 fully saturated rings. The molecule has 154 valence electrons. The predicted octanol–water partition coefficient (Wildman–Crippen LogP) is 1.89. The summed E-state index contributed by atoms with van der Waals surface area (Å²) < 4.78 is 26.1. The molecule has 10 nitrogen and oxygen atoms in total. The van der Waals surface area contributed by atoms with Gasteiger partial charge in [-0.25, -0.2) is 18.5 Å². The lowest BCUT2D eigenvalue weighted by Crippen LogP contribution is -2.17. The minimum atomic E-state index is -4.19. The molecule has 0 saturated heterocycles. The van der Waals surface area contributed by atoms with Gasteiger partial charge in [0.05, 0.1) is 20.7 Å². The Morgan fingerprint density at radius 3 is 2.67 bits per heavy atom. The normalized spacial score (nSPS) is 11.8. The van der Waals surface area contributed by atoms with Crippen LogP contribution in [0.5, 0.6) is 0 Å². The van der Waals surface area contributed by atoms with Gasteiger partial charge in [-0.05, 0) is 35.8 Å². The van der Waals surface area contributed by atoms with Gasteiger partial charge in [0.1, 0.15) is 5.78 Å². The van der Waals surface area contributed by atoms with Crippen LogP contribution in [-0.2, 0) is 21.2 Å². The number of nitrogens with one attached hydrogen (secondary N) is 1. The number of anilines is 1. The van der Waals surface area contributed by atoms with E-state index in [1.807, 2.05) is 18.2 Å². The number of Topliss-reactive ketones (excluding diaryl/α,β-unsaturated/α-hetero) is 1. The van der Waals surface area contributed by atoms with E-state index in [1.165, 1.54) is 18.3 Å². The number of ketones is 1. The lowest BCUT2D eigenvalue weighted by molar-refractivity contribution is -0.116. The third-order valence-corrected chi connectivity index (χ3v) is 6.45. The Labute approximate surface area is 175 Å². The fourth-order valence-electron chi connectivity index (χ4n) is 3.36. The van der Waals surface area contributed by atoms with Crippen molar-refractivity contribution in [2.24, 2.45) is 5.14 Å². The molecule has 4 aromatic rings. The zero-order chi connectivity index (χ0) is 21.5. The summed E-state index contributed by atoms with van der Waals surface area (Å²) in [7, 11) is -4.19. The first-order valence-corrected chi connectivity index (χ1v) is 11.2. The molecule has 2 aromatic heterocycles. The zero-order valence-corrected chi connectivity index (χ0v) is 17.4. The van der Waals surface area contributed by atoms with Gasteiger partial charge in [-0.1, -0.05) is 35.6 Å². The van der Waals surface area contributed by atoms with E-state index < -0.39 is 10.0 Å². The van der Waals surface area contributed by atoms with E-state index in [0.717, 1.165) is 4.70 Å². The highest BCUT2D eigenvalue weighted by atomic mass is 32.2. The van der Waals surface area contributed by atoms with Crippen molar-refractivity contribution in [1.82, 2.24) is 25.6 Å². The van der Waals surface area contributed by atoms with Gasteiger partial charge in [-0.3, -0.25) is 0 Å². The minimum Gasteiger partial charge on any atom is -0.375 e. The van der Waals surface area contributed by atoms with Crippen LogP contribution in [-0.4, -0.2) is 39.8 Å². The Bertz CT molecular complexity index is 1360. The monoisotopic (exact) mass is 443 g/mol. The molecule has 0 aliphatic carbocycles. The Morgan fingerprint density at radius 1 is 1.20 bits per heavy atom. The average molecular weight is 444 g/mol. The van der Waals surface area contributed by atoms with Crippen molar-refractivity contribution in [2.45, 2.75) is 24.7 Å². The van der Waals surface area contributed by atoms with E-state index in [0.29, 0.717) is 27.3 Å². The smallest absolute Gasteiger partial charge is 0.239 e. The topological polar surface area (TPSA) is 171 Å². The first kappa shape index (κ1) is 20.1. The summed E-state index contributed by atoms with van der Waals surface area (Å²) in [5.74, 6) is 0.00202. The average Bonchev–Trinajstić information content (AvgIpc) is 3.33. The number of aromatic nitrogens is 5. The molecule has 0 aliphatic heterocycles. The van der Waals surface area contributed by atoms with Gasteiger partial charge in [0.25, 0.3) is 0 Å². The molecule has 5 N–H and O–H groups in total. The lowest BCUT2D eigenvalue weighted by Gasteiger charge is -2.16. The summed E-state index contributed by atoms with van der Waals surface area (Å²) >= 11 is 1.33. The highest BCUT2D eigenvalue weighted by Crippen LogP contribution is 2.41. The summed E-state index contributed by atoms with van der Waals surface area (Å²) in [6, 6.07) is 8.91. The third-order valence-electron chi connectivity index (χ3n) is 4.56. The van der Waals surface area contributed by atoms with Crippen molar-refractivity contribution < 1.29 is 13.2 Å². The van der Waals surface area contributed by atoms with Crippen LogP contribution >= 0.6 is 11.3 Å². The number of fused-ring (bicyclic) bond motifs is 1. The Hall–Kier alpha value is -3.22. The lowest BCUT2D eigenvalue weighted by atomic mass is 9.94. The first-order chi connectivity index (χ1) is 14.3. The number of sulfonamides is 1. The summed E-state index contributed by atoms with van der Waals surface area (Å²) in [5.41, 5.74) is 8.28. The molecular formula is C18H17N7O3S2. The van der Waals surface area contributed by atoms with Crippen LogP contribution in [0.3, 0.4) is 0 Å². The maximum Gasteiger partial charge on any atom is 0.239 e. The van der Waals surface area contributed by atoms with Gasteiger partial charge < -0.3 is 10.5 Å². The first-order valence-electron chi connectivity index (χ1n) is 8.83. The molecule has 0 aliphatic rings. The van der Waals surface area contributed by atoms with E-state index in [-0.39, 0.29) is 34.9 Å². The number of carbonyl (C=O) groups excluding carboxylic acids is 1. The second-order valence-corrected chi connectivity index (χ2v) is 9.22. The van der Waals surface area contributed by atoms with Crippen LogP contribution in [0.2, 0.25) is 0 Å². The fraction of sp³-hybridized carbons (Fsp3) is 0.167. The SMILES string of the molecule is CC(=O)CCc1ccc(-c2cccc3sc(N)nc23)c(-c2nn[nH]n2)c1S(N)(=O)=O. The van der Waals surface area contributed by atoms with Crippen molar-refractivity contribution in [3.63, 3.8) is 0 Å². The molecule has 0 bridgehead atoms. The second-order valence-electron chi connectivity index (χ2n) is 6.66.